The maximum atomic E-state index is 12.9. The summed E-state index contributed by atoms with van der Waals surface area (Å²) < 4.78 is 5.35. The van der Waals surface area contributed by atoms with Gasteiger partial charge in [-0.2, -0.15) is 0 Å². The number of nitrogens with zero attached hydrogens (tertiary/aromatic N) is 3. The van der Waals surface area contributed by atoms with Gasteiger partial charge >= 0.3 is 5.97 Å². The normalized spacial score (nSPS) is 16.4. The summed E-state index contributed by atoms with van der Waals surface area (Å²) in [7, 11) is 0. The first kappa shape index (κ1) is 19.3. The smallest absolute Gasteiger partial charge is 0.326 e. The van der Waals surface area contributed by atoms with Gasteiger partial charge in [-0.05, 0) is 63.4 Å². The van der Waals surface area contributed by atoms with Crippen LogP contribution in [0, 0.1) is 6.92 Å². The Labute approximate surface area is 163 Å². The molecule has 142 valence electrons. The van der Waals surface area contributed by atoms with Gasteiger partial charge in [0.2, 0.25) is 5.28 Å². The first-order chi connectivity index (χ1) is 12.6. The van der Waals surface area contributed by atoms with Gasteiger partial charge < -0.3 is 9.64 Å². The standard InChI is InChI=1S/C20H22ClN3O3/c1-11-9-22-19(21)23-17(11)13-6-7-14-12(2)24(18(26)15(14)8-13)10-16(25)27-20(3,4)5/h6-9,12H,10H2,1-5H3. The van der Waals surface area contributed by atoms with Crippen molar-refractivity contribution in [3.05, 3.63) is 46.4 Å². The number of aryl methyl sites for hydroxylation is 1. The SMILES string of the molecule is Cc1cnc(Cl)nc1-c1ccc2c(c1)C(=O)N(CC(=O)OC(C)(C)C)C2C. The summed E-state index contributed by atoms with van der Waals surface area (Å²) in [6.45, 7) is 9.11. The molecule has 0 fully saturated rings. The molecular weight excluding hydrogens is 366 g/mol. The van der Waals surface area contributed by atoms with Gasteiger partial charge in [-0.25, -0.2) is 9.97 Å². The highest BCUT2D eigenvalue weighted by Gasteiger charge is 2.36. The van der Waals surface area contributed by atoms with Crippen molar-refractivity contribution in [3.8, 4) is 11.3 Å². The fraction of sp³-hybridized carbons (Fsp3) is 0.400. The number of fused-ring (bicyclic) bond motifs is 1. The number of benzene rings is 1. The Balaban J connectivity index is 1.90. The van der Waals surface area contributed by atoms with Gasteiger partial charge in [0, 0.05) is 17.3 Å². The highest BCUT2D eigenvalue weighted by molar-refractivity contribution is 6.28. The van der Waals surface area contributed by atoms with Crippen LogP contribution in [0.1, 0.15) is 55.2 Å². The Morgan fingerprint density at radius 3 is 2.70 bits per heavy atom. The van der Waals surface area contributed by atoms with E-state index in [9.17, 15) is 9.59 Å². The molecule has 0 spiro atoms. The van der Waals surface area contributed by atoms with Gasteiger partial charge in [0.1, 0.15) is 12.1 Å². The average Bonchev–Trinajstić information content (AvgIpc) is 2.80. The molecule has 7 heteroatoms. The second-order valence-corrected chi connectivity index (χ2v) is 8.01. The van der Waals surface area contributed by atoms with Crippen molar-refractivity contribution in [1.82, 2.24) is 14.9 Å². The van der Waals surface area contributed by atoms with Crippen LogP contribution >= 0.6 is 11.6 Å². The van der Waals surface area contributed by atoms with E-state index in [1.807, 2.05) is 26.0 Å². The van der Waals surface area contributed by atoms with Crippen LogP contribution in [0.15, 0.2) is 24.4 Å². The molecule has 1 aromatic heterocycles. The number of carbonyl (C=O) groups is 2. The lowest BCUT2D eigenvalue weighted by Gasteiger charge is -2.24. The summed E-state index contributed by atoms with van der Waals surface area (Å²) in [4.78, 5) is 34.9. The van der Waals surface area contributed by atoms with Crippen LogP contribution in [-0.2, 0) is 9.53 Å². The summed E-state index contributed by atoms with van der Waals surface area (Å²) in [5.74, 6) is -0.614. The molecule has 2 aromatic rings. The van der Waals surface area contributed by atoms with Crippen LogP contribution in [0.25, 0.3) is 11.3 Å². The van der Waals surface area contributed by atoms with Crippen molar-refractivity contribution in [1.29, 1.82) is 0 Å². The second kappa shape index (κ2) is 6.93. The minimum Gasteiger partial charge on any atom is -0.459 e. The second-order valence-electron chi connectivity index (χ2n) is 7.67. The van der Waals surface area contributed by atoms with E-state index in [2.05, 4.69) is 9.97 Å². The number of hydrogen-bond acceptors (Lipinski definition) is 5. The van der Waals surface area contributed by atoms with Crippen LogP contribution in [0.3, 0.4) is 0 Å². The quantitative estimate of drug-likeness (QED) is 0.588. The predicted molar refractivity (Wildman–Crippen MR) is 103 cm³/mol. The van der Waals surface area contributed by atoms with Crippen LogP contribution in [0.2, 0.25) is 5.28 Å². The van der Waals surface area contributed by atoms with Crippen LogP contribution < -0.4 is 0 Å². The number of rotatable bonds is 3. The van der Waals surface area contributed by atoms with Gasteiger partial charge in [-0.3, -0.25) is 9.59 Å². The third kappa shape index (κ3) is 3.95. The van der Waals surface area contributed by atoms with E-state index in [0.29, 0.717) is 11.3 Å². The molecule has 0 bridgehead atoms. The summed E-state index contributed by atoms with van der Waals surface area (Å²) in [6.07, 6.45) is 1.65. The number of esters is 1. The minimum atomic E-state index is -0.590. The number of amides is 1. The van der Waals surface area contributed by atoms with Gasteiger partial charge in [-0.15, -0.1) is 0 Å². The van der Waals surface area contributed by atoms with Crippen molar-refractivity contribution in [2.24, 2.45) is 0 Å². The van der Waals surface area contributed by atoms with E-state index >= 15 is 0 Å². The van der Waals surface area contributed by atoms with Gasteiger partial charge in [-0.1, -0.05) is 12.1 Å². The summed E-state index contributed by atoms with van der Waals surface area (Å²) in [5, 5.41) is 0.155. The molecule has 3 rings (SSSR count). The Morgan fingerprint density at radius 1 is 1.33 bits per heavy atom. The molecule has 0 saturated heterocycles. The molecule has 1 aliphatic heterocycles. The molecule has 1 aliphatic rings. The third-order valence-electron chi connectivity index (χ3n) is 4.40. The summed E-state index contributed by atoms with van der Waals surface area (Å²) in [5.41, 5.74) is 3.19. The van der Waals surface area contributed by atoms with E-state index in [0.717, 1.165) is 16.7 Å². The molecule has 1 aromatic carbocycles. The lowest BCUT2D eigenvalue weighted by atomic mass is 9.99. The molecule has 0 N–H and O–H groups in total. The summed E-state index contributed by atoms with van der Waals surface area (Å²) in [6, 6.07) is 5.40. The summed E-state index contributed by atoms with van der Waals surface area (Å²) >= 11 is 5.92. The van der Waals surface area contributed by atoms with E-state index in [1.165, 1.54) is 4.90 Å². The minimum absolute atomic E-state index is 0.0837. The third-order valence-corrected chi connectivity index (χ3v) is 4.58. The van der Waals surface area contributed by atoms with Crippen LogP contribution in [-0.4, -0.2) is 38.9 Å². The lowest BCUT2D eigenvalue weighted by Crippen LogP contribution is -2.36. The fourth-order valence-electron chi connectivity index (χ4n) is 3.19. The Morgan fingerprint density at radius 2 is 2.04 bits per heavy atom. The molecule has 1 atom stereocenters. The van der Waals surface area contributed by atoms with E-state index in [1.54, 1.807) is 33.0 Å². The monoisotopic (exact) mass is 387 g/mol. The zero-order chi connectivity index (χ0) is 19.9. The van der Waals surface area contributed by atoms with E-state index < -0.39 is 11.6 Å². The first-order valence-corrected chi connectivity index (χ1v) is 9.11. The highest BCUT2D eigenvalue weighted by atomic mass is 35.5. The molecule has 1 unspecified atom stereocenters. The largest absolute Gasteiger partial charge is 0.459 e. The lowest BCUT2D eigenvalue weighted by molar-refractivity contribution is -0.155. The van der Waals surface area contributed by atoms with Crippen LogP contribution in [0.5, 0.6) is 0 Å². The molecule has 6 nitrogen and oxygen atoms in total. The molecule has 0 radical (unpaired) electrons. The molecule has 0 saturated carbocycles. The van der Waals surface area contributed by atoms with Gasteiger partial charge in [0.05, 0.1) is 11.7 Å². The topological polar surface area (TPSA) is 72.4 Å². The van der Waals surface area contributed by atoms with Crippen molar-refractivity contribution in [2.75, 3.05) is 6.54 Å². The number of halogens is 1. The molecule has 27 heavy (non-hydrogen) atoms. The number of ether oxygens (including phenoxy) is 1. The maximum Gasteiger partial charge on any atom is 0.326 e. The molecule has 2 heterocycles. The molecular formula is C20H22ClN3O3. The van der Waals surface area contributed by atoms with Crippen molar-refractivity contribution in [3.63, 3.8) is 0 Å². The van der Waals surface area contributed by atoms with E-state index in [-0.39, 0.29) is 23.8 Å². The number of aromatic nitrogens is 2. The average molecular weight is 388 g/mol. The van der Waals surface area contributed by atoms with Crippen molar-refractivity contribution in [2.45, 2.75) is 46.3 Å². The van der Waals surface area contributed by atoms with Crippen LogP contribution in [0.4, 0.5) is 0 Å². The van der Waals surface area contributed by atoms with E-state index in [4.69, 9.17) is 16.3 Å². The Bertz CT molecular complexity index is 921. The predicted octanol–water partition coefficient (Wildman–Crippen LogP) is 3.96. The Kier molecular flexibility index (Phi) is 4.95. The zero-order valence-corrected chi connectivity index (χ0v) is 16.8. The zero-order valence-electron chi connectivity index (χ0n) is 16.0. The number of hydrogen-bond donors (Lipinski definition) is 0. The Hall–Kier alpha value is -2.47. The molecule has 1 amide bonds. The van der Waals surface area contributed by atoms with Gasteiger partial charge in [0.15, 0.2) is 0 Å². The molecule has 0 aliphatic carbocycles. The van der Waals surface area contributed by atoms with Gasteiger partial charge in [0.25, 0.3) is 5.91 Å². The van der Waals surface area contributed by atoms with Crippen molar-refractivity contribution < 1.29 is 14.3 Å². The number of carbonyl (C=O) groups excluding carboxylic acids is 2. The van der Waals surface area contributed by atoms with Crippen molar-refractivity contribution >= 4 is 23.5 Å². The highest BCUT2D eigenvalue weighted by Crippen LogP contribution is 2.36. The fourth-order valence-corrected chi connectivity index (χ4v) is 3.32. The first-order valence-electron chi connectivity index (χ1n) is 8.73. The maximum absolute atomic E-state index is 12.9.